The second kappa shape index (κ2) is 6.45. The van der Waals surface area contributed by atoms with Crippen LogP contribution in [0.25, 0.3) is 0 Å². The third kappa shape index (κ3) is 3.11. The smallest absolute Gasteiger partial charge is 0.0621 e. The monoisotopic (exact) mass is 261 g/mol. The molecule has 0 saturated heterocycles. The van der Waals surface area contributed by atoms with Crippen LogP contribution in [0.4, 0.5) is 0 Å². The number of benzene rings is 1. The zero-order valence-corrected chi connectivity index (χ0v) is 10.8. The fourth-order valence-corrected chi connectivity index (χ4v) is 2.51. The normalized spacial score (nSPS) is 14.8. The molecule has 0 radical (unpaired) electrons. The van der Waals surface area contributed by atoms with Crippen molar-refractivity contribution in [3.05, 3.63) is 33.8 Å². The third-order valence-corrected chi connectivity index (χ3v) is 3.33. The number of rotatable bonds is 5. The summed E-state index contributed by atoms with van der Waals surface area (Å²) in [6.07, 6.45) is 1.11. The summed E-state index contributed by atoms with van der Waals surface area (Å²) in [5.74, 6) is -0.193. The molecule has 2 nitrogen and oxygen atoms in total. The summed E-state index contributed by atoms with van der Waals surface area (Å²) < 4.78 is 0. The van der Waals surface area contributed by atoms with E-state index in [1.807, 2.05) is 6.92 Å². The van der Waals surface area contributed by atoms with Gasteiger partial charge in [-0.05, 0) is 24.1 Å². The van der Waals surface area contributed by atoms with E-state index in [-0.39, 0.29) is 5.92 Å². The van der Waals surface area contributed by atoms with Gasteiger partial charge < -0.3 is 10.8 Å². The van der Waals surface area contributed by atoms with E-state index in [2.05, 4.69) is 0 Å². The minimum Gasteiger partial charge on any atom is -0.392 e. The van der Waals surface area contributed by atoms with Crippen LogP contribution in [0.2, 0.25) is 10.0 Å². The summed E-state index contributed by atoms with van der Waals surface area (Å²) in [5.41, 5.74) is 6.46. The average Bonchev–Trinajstić information content (AvgIpc) is 2.24. The Morgan fingerprint density at radius 2 is 1.88 bits per heavy atom. The topological polar surface area (TPSA) is 46.2 Å². The molecule has 1 rings (SSSR count). The lowest BCUT2D eigenvalue weighted by molar-refractivity contribution is 0.135. The Morgan fingerprint density at radius 3 is 2.31 bits per heavy atom. The lowest BCUT2D eigenvalue weighted by Gasteiger charge is -2.23. The van der Waals surface area contributed by atoms with E-state index in [1.165, 1.54) is 0 Å². The van der Waals surface area contributed by atoms with Gasteiger partial charge in [-0.1, -0.05) is 42.6 Å². The van der Waals surface area contributed by atoms with Gasteiger partial charge in [-0.3, -0.25) is 0 Å². The molecule has 3 N–H and O–H groups in total. The van der Waals surface area contributed by atoms with Crippen LogP contribution in [0.5, 0.6) is 0 Å². The molecule has 0 heterocycles. The Labute approximate surface area is 106 Å². The molecule has 1 aromatic rings. The van der Waals surface area contributed by atoms with Crippen LogP contribution in [0.3, 0.4) is 0 Å². The molecule has 0 fully saturated rings. The van der Waals surface area contributed by atoms with E-state index in [9.17, 15) is 5.11 Å². The van der Waals surface area contributed by atoms with Crippen LogP contribution >= 0.6 is 23.2 Å². The molecule has 2 atom stereocenters. The highest BCUT2D eigenvalue weighted by Gasteiger charge is 2.23. The van der Waals surface area contributed by atoms with Crippen molar-refractivity contribution in [3.8, 4) is 0 Å². The maximum atomic E-state index is 10.0. The summed E-state index contributed by atoms with van der Waals surface area (Å²) in [5, 5.41) is 11.1. The van der Waals surface area contributed by atoms with Crippen LogP contribution in [-0.2, 0) is 0 Å². The van der Waals surface area contributed by atoms with E-state index in [4.69, 9.17) is 28.9 Å². The number of nitrogens with two attached hydrogens (primary N) is 1. The lowest BCUT2D eigenvalue weighted by Crippen LogP contribution is -2.26. The first-order valence-electron chi connectivity index (χ1n) is 5.43. The summed E-state index contributed by atoms with van der Waals surface area (Å²) in [6.45, 7) is 2.36. The van der Waals surface area contributed by atoms with Crippen molar-refractivity contribution >= 4 is 23.2 Å². The molecule has 4 heteroatoms. The first-order valence-corrected chi connectivity index (χ1v) is 6.19. The molecule has 0 saturated carbocycles. The number of aliphatic hydroxyl groups is 1. The standard InChI is InChI=1S/C12H17Cl2NO/c1-2-4-11(16)8(7-15)12-9(13)5-3-6-10(12)14/h3,5-6,8,11,16H,2,4,7,15H2,1H3. The molecular weight excluding hydrogens is 245 g/mol. The van der Waals surface area contributed by atoms with Crippen molar-refractivity contribution in [1.29, 1.82) is 0 Å². The number of halogens is 2. The average molecular weight is 262 g/mol. The summed E-state index contributed by atoms with van der Waals surface area (Å²) in [6, 6.07) is 5.32. The SMILES string of the molecule is CCCC(O)C(CN)c1c(Cl)cccc1Cl. The van der Waals surface area contributed by atoms with Gasteiger partial charge in [-0.25, -0.2) is 0 Å². The predicted molar refractivity (Wildman–Crippen MR) is 69.2 cm³/mol. The fourth-order valence-electron chi connectivity index (χ4n) is 1.83. The van der Waals surface area contributed by atoms with Crippen LogP contribution in [0, 0.1) is 0 Å². The summed E-state index contributed by atoms with van der Waals surface area (Å²) >= 11 is 12.2. The summed E-state index contributed by atoms with van der Waals surface area (Å²) in [7, 11) is 0. The minimum atomic E-state index is -0.493. The van der Waals surface area contributed by atoms with Crippen LogP contribution in [0.15, 0.2) is 18.2 Å². The highest BCUT2D eigenvalue weighted by atomic mass is 35.5. The predicted octanol–water partition coefficient (Wildman–Crippen LogP) is 3.20. The molecule has 0 amide bonds. The van der Waals surface area contributed by atoms with Crippen molar-refractivity contribution < 1.29 is 5.11 Å². The lowest BCUT2D eigenvalue weighted by atomic mass is 9.91. The van der Waals surface area contributed by atoms with Crippen LogP contribution in [-0.4, -0.2) is 17.8 Å². The molecule has 90 valence electrons. The minimum absolute atomic E-state index is 0.193. The zero-order chi connectivity index (χ0) is 12.1. The van der Waals surface area contributed by atoms with E-state index < -0.39 is 6.10 Å². The largest absolute Gasteiger partial charge is 0.392 e. The first-order chi connectivity index (χ1) is 7.61. The van der Waals surface area contributed by atoms with Crippen LogP contribution in [0.1, 0.15) is 31.2 Å². The first kappa shape index (κ1) is 13.8. The van der Waals surface area contributed by atoms with Gasteiger partial charge in [0.25, 0.3) is 0 Å². The third-order valence-electron chi connectivity index (χ3n) is 2.67. The van der Waals surface area contributed by atoms with Gasteiger partial charge in [0, 0.05) is 22.5 Å². The zero-order valence-electron chi connectivity index (χ0n) is 9.29. The van der Waals surface area contributed by atoms with Crippen molar-refractivity contribution in [2.24, 2.45) is 5.73 Å². The van der Waals surface area contributed by atoms with Crippen molar-refractivity contribution in [1.82, 2.24) is 0 Å². The Kier molecular flexibility index (Phi) is 5.56. The highest BCUT2D eigenvalue weighted by Crippen LogP contribution is 2.33. The molecular formula is C12H17Cl2NO. The fraction of sp³-hybridized carbons (Fsp3) is 0.500. The molecule has 1 aromatic carbocycles. The Morgan fingerprint density at radius 1 is 1.31 bits per heavy atom. The summed E-state index contributed by atoms with van der Waals surface area (Å²) in [4.78, 5) is 0. The number of hydrogen-bond donors (Lipinski definition) is 2. The molecule has 0 aliphatic carbocycles. The quantitative estimate of drug-likeness (QED) is 0.855. The molecule has 0 aromatic heterocycles. The Balaban J connectivity index is 3.03. The van der Waals surface area contributed by atoms with Gasteiger partial charge in [0.1, 0.15) is 0 Å². The molecule has 0 bridgehead atoms. The second-order valence-electron chi connectivity index (χ2n) is 3.83. The second-order valence-corrected chi connectivity index (χ2v) is 4.65. The van der Waals surface area contributed by atoms with Crippen LogP contribution < -0.4 is 5.73 Å². The van der Waals surface area contributed by atoms with Gasteiger partial charge in [-0.15, -0.1) is 0 Å². The Hall–Kier alpha value is -0.280. The van der Waals surface area contributed by atoms with E-state index in [0.717, 1.165) is 12.0 Å². The van der Waals surface area contributed by atoms with Gasteiger partial charge in [0.05, 0.1) is 6.10 Å². The Bertz CT molecular complexity index is 324. The van der Waals surface area contributed by atoms with Gasteiger partial charge in [-0.2, -0.15) is 0 Å². The maximum Gasteiger partial charge on any atom is 0.0621 e. The molecule has 0 spiro atoms. The van der Waals surface area contributed by atoms with E-state index in [1.54, 1.807) is 18.2 Å². The van der Waals surface area contributed by atoms with Gasteiger partial charge in [0.15, 0.2) is 0 Å². The van der Waals surface area contributed by atoms with Gasteiger partial charge in [0.2, 0.25) is 0 Å². The van der Waals surface area contributed by atoms with Gasteiger partial charge >= 0.3 is 0 Å². The van der Waals surface area contributed by atoms with Crippen molar-refractivity contribution in [3.63, 3.8) is 0 Å². The maximum absolute atomic E-state index is 10.0. The van der Waals surface area contributed by atoms with Crippen molar-refractivity contribution in [2.75, 3.05) is 6.54 Å². The molecule has 2 unspecified atom stereocenters. The number of aliphatic hydroxyl groups excluding tert-OH is 1. The van der Waals surface area contributed by atoms with E-state index in [0.29, 0.717) is 23.0 Å². The van der Waals surface area contributed by atoms with E-state index >= 15 is 0 Å². The molecule has 16 heavy (non-hydrogen) atoms. The van der Waals surface area contributed by atoms with Crippen molar-refractivity contribution in [2.45, 2.75) is 31.8 Å². The molecule has 0 aliphatic rings. The number of hydrogen-bond acceptors (Lipinski definition) is 2. The highest BCUT2D eigenvalue weighted by molar-refractivity contribution is 6.36. The molecule has 0 aliphatic heterocycles.